The van der Waals surface area contributed by atoms with Crippen LogP contribution in [0.2, 0.25) is 5.02 Å². The highest BCUT2D eigenvalue weighted by Crippen LogP contribution is 2.38. The van der Waals surface area contributed by atoms with Gasteiger partial charge in [-0.05, 0) is 19.1 Å². The molecular formula is C14H12ClN3O. The highest BCUT2D eigenvalue weighted by molar-refractivity contribution is 6.33. The van der Waals surface area contributed by atoms with Gasteiger partial charge in [-0.15, -0.1) is 0 Å². The van der Waals surface area contributed by atoms with Crippen molar-refractivity contribution in [2.45, 2.75) is 6.92 Å². The molecule has 3 N–H and O–H groups in total. The first kappa shape index (κ1) is 11.9. The number of nitrogens with two attached hydrogens (primary N) is 1. The number of aryl methyl sites for hydroxylation is 1. The molecule has 3 rings (SSSR count). The summed E-state index contributed by atoms with van der Waals surface area (Å²) in [5, 5.41) is 7.64. The summed E-state index contributed by atoms with van der Waals surface area (Å²) < 4.78 is 5.33. The van der Waals surface area contributed by atoms with E-state index in [9.17, 15) is 0 Å². The van der Waals surface area contributed by atoms with Gasteiger partial charge >= 0.3 is 0 Å². The molecule has 96 valence electrons. The number of aromatic amines is 1. The lowest BCUT2D eigenvalue weighted by molar-refractivity contribution is 0.535. The van der Waals surface area contributed by atoms with Gasteiger partial charge < -0.3 is 10.2 Å². The molecule has 3 aromatic rings. The number of rotatable bonds is 2. The van der Waals surface area contributed by atoms with E-state index in [1.54, 1.807) is 6.26 Å². The van der Waals surface area contributed by atoms with Crippen molar-refractivity contribution in [3.05, 3.63) is 47.4 Å². The van der Waals surface area contributed by atoms with Gasteiger partial charge in [0, 0.05) is 16.1 Å². The Morgan fingerprint density at radius 3 is 2.79 bits per heavy atom. The summed E-state index contributed by atoms with van der Waals surface area (Å²) in [4.78, 5) is 0. The van der Waals surface area contributed by atoms with Crippen LogP contribution in [0.4, 0.5) is 5.82 Å². The van der Waals surface area contributed by atoms with Crippen molar-refractivity contribution >= 4 is 17.4 Å². The molecule has 0 aliphatic rings. The predicted molar refractivity (Wildman–Crippen MR) is 75.9 cm³/mol. The van der Waals surface area contributed by atoms with Crippen LogP contribution in [0.3, 0.4) is 0 Å². The van der Waals surface area contributed by atoms with E-state index in [0.717, 1.165) is 28.1 Å². The number of hydrogen-bond donors (Lipinski definition) is 2. The first-order chi connectivity index (χ1) is 9.16. The van der Waals surface area contributed by atoms with Gasteiger partial charge in [0.1, 0.15) is 12.0 Å². The van der Waals surface area contributed by atoms with E-state index in [-0.39, 0.29) is 0 Å². The number of nitrogen functional groups attached to an aromatic ring is 1. The zero-order valence-electron chi connectivity index (χ0n) is 10.3. The zero-order valence-corrected chi connectivity index (χ0v) is 11.0. The molecule has 0 radical (unpaired) electrons. The Balaban J connectivity index is 2.22. The van der Waals surface area contributed by atoms with E-state index >= 15 is 0 Å². The van der Waals surface area contributed by atoms with E-state index in [1.165, 1.54) is 0 Å². The molecule has 0 aliphatic heterocycles. The van der Waals surface area contributed by atoms with Gasteiger partial charge in [0.2, 0.25) is 0 Å². The second-order valence-corrected chi connectivity index (χ2v) is 4.69. The first-order valence-electron chi connectivity index (χ1n) is 5.81. The van der Waals surface area contributed by atoms with Gasteiger partial charge in [-0.2, -0.15) is 5.10 Å². The van der Waals surface area contributed by atoms with Gasteiger partial charge in [0.15, 0.2) is 5.82 Å². The minimum absolute atomic E-state index is 0.418. The van der Waals surface area contributed by atoms with Crippen molar-refractivity contribution in [3.8, 4) is 22.4 Å². The summed E-state index contributed by atoms with van der Waals surface area (Å²) in [5.74, 6) is 1.25. The Kier molecular flexibility index (Phi) is 2.80. The lowest BCUT2D eigenvalue weighted by Crippen LogP contribution is -1.89. The molecule has 0 aliphatic carbocycles. The molecule has 0 unspecified atom stereocenters. The smallest absolute Gasteiger partial charge is 0.153 e. The number of furan rings is 1. The molecule has 1 aromatic carbocycles. The Morgan fingerprint density at radius 2 is 2.11 bits per heavy atom. The van der Waals surface area contributed by atoms with E-state index in [4.69, 9.17) is 21.8 Å². The molecule has 19 heavy (non-hydrogen) atoms. The molecule has 4 nitrogen and oxygen atoms in total. The SMILES string of the molecule is Cc1cc(-c2[nH]nc(N)c2-c2ccccc2Cl)co1. The monoisotopic (exact) mass is 273 g/mol. The number of nitrogens with zero attached hydrogens (tertiary/aromatic N) is 1. The fourth-order valence-corrected chi connectivity index (χ4v) is 2.31. The number of benzene rings is 1. The summed E-state index contributed by atoms with van der Waals surface area (Å²) in [6.07, 6.45) is 1.67. The summed E-state index contributed by atoms with van der Waals surface area (Å²) >= 11 is 6.23. The molecule has 0 bridgehead atoms. The highest BCUT2D eigenvalue weighted by atomic mass is 35.5. The first-order valence-corrected chi connectivity index (χ1v) is 6.19. The summed E-state index contributed by atoms with van der Waals surface area (Å²) in [6.45, 7) is 1.89. The van der Waals surface area contributed by atoms with Crippen LogP contribution in [-0.2, 0) is 0 Å². The quantitative estimate of drug-likeness (QED) is 0.744. The predicted octanol–water partition coefficient (Wildman–Crippen LogP) is 3.88. The number of nitrogens with one attached hydrogen (secondary N) is 1. The standard InChI is InChI=1S/C14H12ClN3O/c1-8-6-9(7-19-8)13-12(14(16)18-17-13)10-4-2-3-5-11(10)15/h2-7H,1H3,(H3,16,17,18). The van der Waals surface area contributed by atoms with E-state index in [2.05, 4.69) is 10.2 Å². The molecule has 5 heteroatoms. The molecule has 0 saturated heterocycles. The van der Waals surface area contributed by atoms with Gasteiger partial charge in [-0.25, -0.2) is 0 Å². The van der Waals surface area contributed by atoms with Crippen molar-refractivity contribution in [1.29, 1.82) is 0 Å². The fourth-order valence-electron chi connectivity index (χ4n) is 2.08. The van der Waals surface area contributed by atoms with Gasteiger partial charge in [0.25, 0.3) is 0 Å². The lowest BCUT2D eigenvalue weighted by Gasteiger charge is -2.04. The van der Waals surface area contributed by atoms with Gasteiger partial charge in [0.05, 0.1) is 11.3 Å². The molecule has 0 spiro atoms. The van der Waals surface area contributed by atoms with Crippen LogP contribution in [0.25, 0.3) is 22.4 Å². The fraction of sp³-hybridized carbons (Fsp3) is 0.0714. The van der Waals surface area contributed by atoms with Gasteiger partial charge in [-0.1, -0.05) is 29.8 Å². The summed E-state index contributed by atoms with van der Waals surface area (Å²) in [7, 11) is 0. The molecular weight excluding hydrogens is 262 g/mol. The highest BCUT2D eigenvalue weighted by Gasteiger charge is 2.17. The van der Waals surface area contributed by atoms with Crippen LogP contribution < -0.4 is 5.73 Å². The van der Waals surface area contributed by atoms with Crippen molar-refractivity contribution in [1.82, 2.24) is 10.2 Å². The normalized spacial score (nSPS) is 10.8. The minimum atomic E-state index is 0.418. The number of aromatic nitrogens is 2. The molecule has 2 heterocycles. The van der Waals surface area contributed by atoms with E-state index in [1.807, 2.05) is 37.3 Å². The second-order valence-electron chi connectivity index (χ2n) is 4.28. The lowest BCUT2D eigenvalue weighted by atomic mass is 10.0. The zero-order chi connectivity index (χ0) is 13.4. The van der Waals surface area contributed by atoms with Crippen molar-refractivity contribution < 1.29 is 4.42 Å². The molecule has 0 atom stereocenters. The maximum atomic E-state index is 6.23. The summed E-state index contributed by atoms with van der Waals surface area (Å²) in [5.41, 5.74) is 9.31. The van der Waals surface area contributed by atoms with Crippen LogP contribution >= 0.6 is 11.6 Å². The molecule has 0 amide bonds. The number of halogens is 1. The number of anilines is 1. The average Bonchev–Trinajstić information content (AvgIpc) is 2.96. The van der Waals surface area contributed by atoms with Crippen LogP contribution in [0.15, 0.2) is 41.0 Å². The largest absolute Gasteiger partial charge is 0.469 e. The van der Waals surface area contributed by atoms with Crippen molar-refractivity contribution in [2.24, 2.45) is 0 Å². The van der Waals surface area contributed by atoms with Crippen LogP contribution in [0.1, 0.15) is 5.76 Å². The van der Waals surface area contributed by atoms with Crippen molar-refractivity contribution in [3.63, 3.8) is 0 Å². The maximum absolute atomic E-state index is 6.23. The number of hydrogen-bond acceptors (Lipinski definition) is 3. The maximum Gasteiger partial charge on any atom is 0.153 e. The average molecular weight is 274 g/mol. The minimum Gasteiger partial charge on any atom is -0.469 e. The Labute approximate surface area is 115 Å². The molecule has 0 fully saturated rings. The third-order valence-electron chi connectivity index (χ3n) is 2.96. The van der Waals surface area contributed by atoms with Crippen molar-refractivity contribution in [2.75, 3.05) is 5.73 Å². The Morgan fingerprint density at radius 1 is 1.32 bits per heavy atom. The third kappa shape index (κ3) is 2.00. The van der Waals surface area contributed by atoms with Gasteiger partial charge in [-0.3, -0.25) is 5.10 Å². The van der Waals surface area contributed by atoms with E-state index < -0.39 is 0 Å². The van der Waals surface area contributed by atoms with Crippen LogP contribution in [0, 0.1) is 6.92 Å². The second kappa shape index (κ2) is 4.48. The Bertz CT molecular complexity index is 730. The van der Waals surface area contributed by atoms with Crippen LogP contribution in [-0.4, -0.2) is 10.2 Å². The molecule has 0 saturated carbocycles. The Hall–Kier alpha value is -2.20. The third-order valence-corrected chi connectivity index (χ3v) is 3.29. The topological polar surface area (TPSA) is 67.8 Å². The summed E-state index contributed by atoms with van der Waals surface area (Å²) in [6, 6.07) is 9.46. The van der Waals surface area contributed by atoms with Crippen LogP contribution in [0.5, 0.6) is 0 Å². The molecule has 2 aromatic heterocycles. The number of H-pyrrole nitrogens is 1. The van der Waals surface area contributed by atoms with E-state index in [0.29, 0.717) is 10.8 Å².